The molecule has 1 heterocycles. The maximum atomic E-state index is 13.3. The Morgan fingerprint density at radius 2 is 1.62 bits per heavy atom. The van der Waals surface area contributed by atoms with E-state index in [1.54, 1.807) is 37.4 Å². The third-order valence-corrected chi connectivity index (χ3v) is 5.33. The van der Waals surface area contributed by atoms with E-state index in [9.17, 15) is 14.0 Å². The molecular formula is C26H21FO5. The molecular weight excluding hydrogens is 411 g/mol. The van der Waals surface area contributed by atoms with Crippen molar-refractivity contribution in [3.63, 3.8) is 0 Å². The predicted molar refractivity (Wildman–Crippen MR) is 120 cm³/mol. The Balaban J connectivity index is 1.79. The zero-order valence-electron chi connectivity index (χ0n) is 17.9. The van der Waals surface area contributed by atoms with Gasteiger partial charge in [0.2, 0.25) is 11.2 Å². The molecule has 4 rings (SSSR count). The molecule has 0 fully saturated rings. The summed E-state index contributed by atoms with van der Waals surface area (Å²) in [5, 5.41) is 0.370. The molecule has 0 saturated heterocycles. The number of benzene rings is 3. The summed E-state index contributed by atoms with van der Waals surface area (Å²) in [7, 11) is 1.56. The van der Waals surface area contributed by atoms with Crippen LogP contribution in [0, 0.1) is 19.7 Å². The molecule has 0 spiro atoms. The molecule has 0 radical (unpaired) electrons. The van der Waals surface area contributed by atoms with Gasteiger partial charge in [0.25, 0.3) is 0 Å². The first-order chi connectivity index (χ1) is 15.4. The van der Waals surface area contributed by atoms with Crippen LogP contribution in [0.2, 0.25) is 0 Å². The highest BCUT2D eigenvalue weighted by molar-refractivity contribution is 5.97. The number of carbonyl (C=O) groups is 1. The van der Waals surface area contributed by atoms with E-state index in [-0.39, 0.29) is 28.3 Å². The number of hydrogen-bond donors (Lipinski definition) is 0. The summed E-state index contributed by atoms with van der Waals surface area (Å²) in [6.45, 7) is 3.45. The van der Waals surface area contributed by atoms with E-state index in [0.717, 1.165) is 11.1 Å². The van der Waals surface area contributed by atoms with Gasteiger partial charge in [-0.3, -0.25) is 9.59 Å². The summed E-state index contributed by atoms with van der Waals surface area (Å²) < 4.78 is 30.2. The van der Waals surface area contributed by atoms with E-state index in [2.05, 4.69) is 0 Å². The van der Waals surface area contributed by atoms with Crippen molar-refractivity contribution in [2.45, 2.75) is 13.8 Å². The molecule has 0 atom stereocenters. The average molecular weight is 432 g/mol. The van der Waals surface area contributed by atoms with Crippen LogP contribution in [-0.2, 0) is 0 Å². The van der Waals surface area contributed by atoms with Crippen LogP contribution < -0.4 is 14.9 Å². The minimum atomic E-state index is -0.440. The van der Waals surface area contributed by atoms with Crippen molar-refractivity contribution < 1.29 is 23.1 Å². The van der Waals surface area contributed by atoms with Gasteiger partial charge in [-0.2, -0.15) is 0 Å². The molecule has 0 amide bonds. The van der Waals surface area contributed by atoms with E-state index >= 15 is 0 Å². The molecule has 0 aliphatic rings. The fraction of sp³-hybridized carbons (Fsp3) is 0.154. The fourth-order valence-corrected chi connectivity index (χ4v) is 3.35. The van der Waals surface area contributed by atoms with Crippen LogP contribution in [0.3, 0.4) is 0 Å². The Morgan fingerprint density at radius 3 is 2.28 bits per heavy atom. The second-order valence-corrected chi connectivity index (χ2v) is 7.47. The second kappa shape index (κ2) is 8.67. The molecule has 0 aliphatic heterocycles. The zero-order chi connectivity index (χ0) is 22.8. The summed E-state index contributed by atoms with van der Waals surface area (Å²) >= 11 is 0. The van der Waals surface area contributed by atoms with Crippen LogP contribution in [-0.4, -0.2) is 19.5 Å². The van der Waals surface area contributed by atoms with Crippen molar-refractivity contribution in [2.75, 3.05) is 13.7 Å². The standard InChI is InChI=1S/C26H21FO5/c1-15-12-21-23(13-16(15)2)32-25(18-6-10-20(30-3)11-7-18)26(24(21)29)31-14-22(28)17-4-8-19(27)9-5-17/h4-13H,14H2,1-3H3. The van der Waals surface area contributed by atoms with E-state index in [4.69, 9.17) is 13.9 Å². The van der Waals surface area contributed by atoms with Crippen molar-refractivity contribution in [2.24, 2.45) is 0 Å². The van der Waals surface area contributed by atoms with Crippen LogP contribution >= 0.6 is 0 Å². The lowest BCUT2D eigenvalue weighted by atomic mass is 10.0. The van der Waals surface area contributed by atoms with Gasteiger partial charge in [0.05, 0.1) is 12.5 Å². The Morgan fingerprint density at radius 1 is 0.969 bits per heavy atom. The number of methoxy groups -OCH3 is 1. The number of carbonyl (C=O) groups excluding carboxylic acids is 1. The summed E-state index contributed by atoms with van der Waals surface area (Å²) in [5.41, 5.74) is 2.88. The Kier molecular flexibility index (Phi) is 5.77. The summed E-state index contributed by atoms with van der Waals surface area (Å²) in [6.07, 6.45) is 0. The number of aryl methyl sites for hydroxylation is 2. The van der Waals surface area contributed by atoms with Crippen molar-refractivity contribution in [3.05, 3.63) is 93.4 Å². The van der Waals surface area contributed by atoms with Crippen LogP contribution in [0.4, 0.5) is 4.39 Å². The maximum Gasteiger partial charge on any atom is 0.235 e. The molecule has 0 aliphatic carbocycles. The highest BCUT2D eigenvalue weighted by atomic mass is 19.1. The molecule has 0 N–H and O–H groups in total. The number of ether oxygens (including phenoxy) is 2. The van der Waals surface area contributed by atoms with Gasteiger partial charge in [0.15, 0.2) is 18.2 Å². The normalized spacial score (nSPS) is 10.9. The quantitative estimate of drug-likeness (QED) is 0.377. The minimum Gasteiger partial charge on any atom is -0.497 e. The van der Waals surface area contributed by atoms with Crippen molar-refractivity contribution in [1.82, 2.24) is 0 Å². The van der Waals surface area contributed by atoms with Gasteiger partial charge >= 0.3 is 0 Å². The summed E-state index contributed by atoms with van der Waals surface area (Å²) in [4.78, 5) is 25.9. The van der Waals surface area contributed by atoms with E-state index < -0.39 is 12.4 Å². The number of fused-ring (bicyclic) bond motifs is 1. The van der Waals surface area contributed by atoms with Crippen LogP contribution in [0.5, 0.6) is 11.5 Å². The number of rotatable bonds is 6. The first kappa shape index (κ1) is 21.3. The number of ketones is 1. The molecule has 162 valence electrons. The Labute approximate surface area is 184 Å². The third-order valence-electron chi connectivity index (χ3n) is 5.33. The SMILES string of the molecule is COc1ccc(-c2oc3cc(C)c(C)cc3c(=O)c2OCC(=O)c2ccc(F)cc2)cc1. The molecule has 0 saturated carbocycles. The predicted octanol–water partition coefficient (Wildman–Crippen LogP) is 5.49. The Bertz CT molecular complexity index is 1350. The zero-order valence-corrected chi connectivity index (χ0v) is 17.9. The lowest BCUT2D eigenvalue weighted by Gasteiger charge is -2.13. The Hall–Kier alpha value is -3.93. The molecule has 5 nitrogen and oxygen atoms in total. The third kappa shape index (κ3) is 4.12. The molecule has 0 bridgehead atoms. The molecule has 3 aromatic carbocycles. The monoisotopic (exact) mass is 432 g/mol. The van der Waals surface area contributed by atoms with Crippen LogP contribution in [0.25, 0.3) is 22.3 Å². The first-order valence-electron chi connectivity index (χ1n) is 10.0. The van der Waals surface area contributed by atoms with Crippen LogP contribution in [0.15, 0.2) is 69.9 Å². The number of halogens is 1. The van der Waals surface area contributed by atoms with Gasteiger partial charge in [-0.25, -0.2) is 4.39 Å². The molecule has 1 aromatic heterocycles. The summed E-state index contributed by atoms with van der Waals surface area (Å²) in [6, 6.07) is 15.7. The minimum absolute atomic E-state index is 0.0543. The van der Waals surface area contributed by atoms with Gasteiger partial charge in [0, 0.05) is 11.1 Å². The van der Waals surface area contributed by atoms with E-state index in [1.807, 2.05) is 19.9 Å². The number of hydrogen-bond acceptors (Lipinski definition) is 5. The molecule has 4 aromatic rings. The van der Waals surface area contributed by atoms with Crippen molar-refractivity contribution in [1.29, 1.82) is 0 Å². The largest absolute Gasteiger partial charge is 0.497 e. The van der Waals surface area contributed by atoms with Crippen LogP contribution in [0.1, 0.15) is 21.5 Å². The van der Waals surface area contributed by atoms with Crippen molar-refractivity contribution in [3.8, 4) is 22.8 Å². The second-order valence-electron chi connectivity index (χ2n) is 7.47. The van der Waals surface area contributed by atoms with Gasteiger partial charge in [-0.1, -0.05) is 0 Å². The average Bonchev–Trinajstić information content (AvgIpc) is 2.80. The van der Waals surface area contributed by atoms with E-state index in [1.165, 1.54) is 24.3 Å². The highest BCUT2D eigenvalue weighted by Gasteiger charge is 2.20. The molecule has 6 heteroatoms. The summed E-state index contributed by atoms with van der Waals surface area (Å²) in [5.74, 6) is -0.00522. The molecule has 32 heavy (non-hydrogen) atoms. The number of Topliss-reactive ketones (excluding diaryl/α,β-unsaturated/α-hetero) is 1. The molecule has 0 unspecified atom stereocenters. The van der Waals surface area contributed by atoms with E-state index in [0.29, 0.717) is 22.3 Å². The maximum absolute atomic E-state index is 13.3. The fourth-order valence-electron chi connectivity index (χ4n) is 3.35. The highest BCUT2D eigenvalue weighted by Crippen LogP contribution is 2.33. The van der Waals surface area contributed by atoms with Gasteiger partial charge < -0.3 is 13.9 Å². The smallest absolute Gasteiger partial charge is 0.235 e. The van der Waals surface area contributed by atoms with Gasteiger partial charge in [0.1, 0.15) is 17.1 Å². The van der Waals surface area contributed by atoms with Gasteiger partial charge in [-0.05, 0) is 85.6 Å². The lowest BCUT2D eigenvalue weighted by molar-refractivity contribution is 0.0920. The van der Waals surface area contributed by atoms with Crippen molar-refractivity contribution >= 4 is 16.8 Å². The first-order valence-corrected chi connectivity index (χ1v) is 10.0. The van der Waals surface area contributed by atoms with Gasteiger partial charge in [-0.15, -0.1) is 0 Å². The topological polar surface area (TPSA) is 65.7 Å². The lowest BCUT2D eigenvalue weighted by Crippen LogP contribution is -2.17.